The van der Waals surface area contributed by atoms with E-state index in [-0.39, 0.29) is 0 Å². The van der Waals surface area contributed by atoms with Crippen LogP contribution in [0.2, 0.25) is 0 Å². The zero-order valence-corrected chi connectivity index (χ0v) is 10.7. The predicted molar refractivity (Wildman–Crippen MR) is 70.2 cm³/mol. The molecule has 2 aromatic heterocycles. The molecule has 0 unspecified atom stereocenters. The molecular formula is C11H12N6S. The van der Waals surface area contributed by atoms with E-state index in [0.717, 1.165) is 17.0 Å². The third-order valence-corrected chi connectivity index (χ3v) is 3.40. The minimum Gasteiger partial charge on any atom is -0.375 e. The molecule has 0 radical (unpaired) electrons. The summed E-state index contributed by atoms with van der Waals surface area (Å²) in [7, 11) is 0. The van der Waals surface area contributed by atoms with E-state index in [2.05, 4.69) is 20.5 Å². The number of thiazole rings is 1. The second-order valence-corrected chi connectivity index (χ2v) is 4.79. The quantitative estimate of drug-likeness (QED) is 0.860. The number of nitrogens with zero attached hydrogens (tertiary/aromatic N) is 4. The maximum atomic E-state index is 8.74. The van der Waals surface area contributed by atoms with Gasteiger partial charge in [0.25, 0.3) is 0 Å². The molecule has 0 saturated carbocycles. The minimum atomic E-state index is 0.491. The average molecular weight is 260 g/mol. The van der Waals surface area contributed by atoms with Crippen molar-refractivity contribution in [1.82, 2.24) is 15.2 Å². The van der Waals surface area contributed by atoms with Crippen molar-refractivity contribution >= 4 is 22.3 Å². The molecule has 3 N–H and O–H groups in total. The first kappa shape index (κ1) is 12.3. The number of rotatable bonds is 4. The van der Waals surface area contributed by atoms with Crippen LogP contribution in [0.3, 0.4) is 0 Å². The number of hydrogen-bond acceptors (Lipinski definition) is 7. The van der Waals surface area contributed by atoms with Crippen LogP contribution >= 0.6 is 11.3 Å². The summed E-state index contributed by atoms with van der Waals surface area (Å²) >= 11 is 1.50. The van der Waals surface area contributed by atoms with Gasteiger partial charge in [-0.25, -0.2) is 4.98 Å². The highest BCUT2D eigenvalue weighted by Gasteiger charge is 2.05. The summed E-state index contributed by atoms with van der Waals surface area (Å²) in [6.45, 7) is 2.64. The maximum Gasteiger partial charge on any atom is 0.180 e. The Bertz CT molecular complexity index is 585. The van der Waals surface area contributed by atoms with Gasteiger partial charge in [0.1, 0.15) is 11.9 Å². The number of nitriles is 1. The molecule has 0 spiro atoms. The second kappa shape index (κ2) is 5.42. The first-order valence-corrected chi connectivity index (χ1v) is 6.19. The zero-order valence-electron chi connectivity index (χ0n) is 9.84. The van der Waals surface area contributed by atoms with Crippen LogP contribution in [-0.2, 0) is 6.42 Å². The Labute approximate surface area is 108 Å². The summed E-state index contributed by atoms with van der Waals surface area (Å²) in [5.74, 6) is 0.601. The van der Waals surface area contributed by atoms with Crippen molar-refractivity contribution in [3.63, 3.8) is 0 Å². The van der Waals surface area contributed by atoms with E-state index in [1.807, 2.05) is 13.0 Å². The Balaban J connectivity index is 1.92. The summed E-state index contributed by atoms with van der Waals surface area (Å²) in [6.07, 6.45) is 2.25. The fourth-order valence-electron chi connectivity index (χ4n) is 1.50. The van der Waals surface area contributed by atoms with Crippen LogP contribution in [0.5, 0.6) is 0 Å². The Morgan fingerprint density at radius 2 is 2.39 bits per heavy atom. The average Bonchev–Trinajstić information content (AvgIpc) is 2.68. The van der Waals surface area contributed by atoms with Gasteiger partial charge in [0.05, 0.1) is 17.5 Å². The van der Waals surface area contributed by atoms with Crippen LogP contribution in [0, 0.1) is 18.3 Å². The molecule has 2 aromatic rings. The second-order valence-electron chi connectivity index (χ2n) is 3.68. The van der Waals surface area contributed by atoms with Crippen LogP contribution in [0.1, 0.15) is 16.1 Å². The summed E-state index contributed by atoms with van der Waals surface area (Å²) in [5, 5.41) is 20.1. The largest absolute Gasteiger partial charge is 0.375 e. The van der Waals surface area contributed by atoms with E-state index in [9.17, 15) is 0 Å². The van der Waals surface area contributed by atoms with Gasteiger partial charge in [0, 0.05) is 23.9 Å². The minimum absolute atomic E-state index is 0.491. The van der Waals surface area contributed by atoms with Gasteiger partial charge in [-0.3, -0.25) is 0 Å². The Kier molecular flexibility index (Phi) is 3.69. The van der Waals surface area contributed by atoms with E-state index in [4.69, 9.17) is 11.0 Å². The molecule has 7 heteroatoms. The SMILES string of the molecule is Cc1nc(N)sc1CCNc1cc(C#N)cnn1. The number of nitrogens with two attached hydrogens (primary N) is 1. The highest BCUT2D eigenvalue weighted by molar-refractivity contribution is 7.15. The first-order valence-electron chi connectivity index (χ1n) is 5.37. The van der Waals surface area contributed by atoms with Gasteiger partial charge < -0.3 is 11.1 Å². The lowest BCUT2D eigenvalue weighted by molar-refractivity contribution is 0.965. The molecule has 6 nitrogen and oxygen atoms in total. The van der Waals surface area contributed by atoms with Crippen LogP contribution in [-0.4, -0.2) is 21.7 Å². The van der Waals surface area contributed by atoms with Crippen molar-refractivity contribution in [3.8, 4) is 6.07 Å². The molecule has 0 aliphatic heterocycles. The van der Waals surface area contributed by atoms with Crippen LogP contribution < -0.4 is 11.1 Å². The van der Waals surface area contributed by atoms with Gasteiger partial charge in [-0.15, -0.1) is 16.4 Å². The molecule has 0 fully saturated rings. The number of hydrogen-bond donors (Lipinski definition) is 2. The molecule has 0 bridgehead atoms. The van der Waals surface area contributed by atoms with E-state index in [0.29, 0.717) is 23.1 Å². The highest BCUT2D eigenvalue weighted by atomic mass is 32.1. The molecular weight excluding hydrogens is 248 g/mol. The van der Waals surface area contributed by atoms with Gasteiger partial charge in [-0.05, 0) is 6.92 Å². The van der Waals surface area contributed by atoms with Crippen LogP contribution in [0.4, 0.5) is 10.9 Å². The van der Waals surface area contributed by atoms with Gasteiger partial charge in [-0.1, -0.05) is 0 Å². The summed E-state index contributed by atoms with van der Waals surface area (Å²) in [5.41, 5.74) is 7.09. The lowest BCUT2D eigenvalue weighted by Crippen LogP contribution is -2.07. The lowest BCUT2D eigenvalue weighted by atomic mass is 10.3. The van der Waals surface area contributed by atoms with Gasteiger partial charge in [0.15, 0.2) is 5.13 Å². The Morgan fingerprint density at radius 3 is 3.06 bits per heavy atom. The number of nitrogen functional groups attached to an aromatic ring is 1. The lowest BCUT2D eigenvalue weighted by Gasteiger charge is -2.03. The maximum absolute atomic E-state index is 8.74. The van der Waals surface area contributed by atoms with Gasteiger partial charge in [-0.2, -0.15) is 10.4 Å². The van der Waals surface area contributed by atoms with Gasteiger partial charge >= 0.3 is 0 Å². The number of nitrogens with one attached hydrogen (secondary N) is 1. The zero-order chi connectivity index (χ0) is 13.0. The van der Waals surface area contributed by atoms with Crippen molar-refractivity contribution in [2.75, 3.05) is 17.6 Å². The van der Waals surface area contributed by atoms with Crippen molar-refractivity contribution < 1.29 is 0 Å². The summed E-state index contributed by atoms with van der Waals surface area (Å²) in [4.78, 5) is 5.32. The normalized spacial score (nSPS) is 10.0. The van der Waals surface area contributed by atoms with Crippen molar-refractivity contribution in [2.45, 2.75) is 13.3 Å². The topological polar surface area (TPSA) is 101 Å². The molecule has 0 aliphatic rings. The van der Waals surface area contributed by atoms with Gasteiger partial charge in [0.2, 0.25) is 0 Å². The van der Waals surface area contributed by atoms with E-state index in [1.165, 1.54) is 17.5 Å². The van der Waals surface area contributed by atoms with Crippen LogP contribution in [0.15, 0.2) is 12.3 Å². The van der Waals surface area contributed by atoms with E-state index < -0.39 is 0 Å². The molecule has 0 saturated heterocycles. The van der Waals surface area contributed by atoms with Crippen LogP contribution in [0.25, 0.3) is 0 Å². The number of aryl methyl sites for hydroxylation is 1. The molecule has 2 heterocycles. The molecule has 2 rings (SSSR count). The monoisotopic (exact) mass is 260 g/mol. The molecule has 0 aliphatic carbocycles. The summed E-state index contributed by atoms with van der Waals surface area (Å²) in [6, 6.07) is 3.69. The predicted octanol–water partition coefficient (Wildman–Crippen LogP) is 1.35. The van der Waals surface area contributed by atoms with E-state index >= 15 is 0 Å². The molecule has 18 heavy (non-hydrogen) atoms. The summed E-state index contributed by atoms with van der Waals surface area (Å²) < 4.78 is 0. The number of anilines is 2. The smallest absolute Gasteiger partial charge is 0.180 e. The van der Waals surface area contributed by atoms with Crippen molar-refractivity contribution in [3.05, 3.63) is 28.4 Å². The number of aromatic nitrogens is 3. The third-order valence-electron chi connectivity index (χ3n) is 2.35. The fourth-order valence-corrected chi connectivity index (χ4v) is 2.33. The standard InChI is InChI=1S/C11H12N6S/c1-7-9(18-11(13)16-7)2-3-14-10-4-8(5-12)6-15-17-10/h4,6H,2-3H2,1H3,(H2,13,16)(H,14,17). The van der Waals surface area contributed by atoms with Crippen molar-refractivity contribution in [1.29, 1.82) is 5.26 Å². The molecule has 0 aromatic carbocycles. The third kappa shape index (κ3) is 2.93. The first-order chi connectivity index (χ1) is 8.69. The van der Waals surface area contributed by atoms with Crippen molar-refractivity contribution in [2.24, 2.45) is 0 Å². The molecule has 0 amide bonds. The Hall–Kier alpha value is -2.20. The molecule has 0 atom stereocenters. The fraction of sp³-hybridized carbons (Fsp3) is 0.273. The highest BCUT2D eigenvalue weighted by Crippen LogP contribution is 2.20. The Morgan fingerprint density at radius 1 is 1.56 bits per heavy atom. The molecule has 92 valence electrons. The van der Waals surface area contributed by atoms with E-state index in [1.54, 1.807) is 6.07 Å².